The van der Waals surface area contributed by atoms with Crippen molar-refractivity contribution in [2.75, 3.05) is 0 Å². The first-order valence-electron chi connectivity index (χ1n) is 4.58. The Labute approximate surface area is 96.7 Å². The molecule has 0 aliphatic heterocycles. The second kappa shape index (κ2) is 4.41. The molecule has 0 atom stereocenters. The van der Waals surface area contributed by atoms with Gasteiger partial charge in [-0.1, -0.05) is 11.6 Å². The Morgan fingerprint density at radius 1 is 1.06 bits per heavy atom. The van der Waals surface area contributed by atoms with Crippen LogP contribution in [0.1, 0.15) is 15.9 Å². The Morgan fingerprint density at radius 3 is 2.25 bits per heavy atom. The predicted molar refractivity (Wildman–Crippen MR) is 59.1 cm³/mol. The molecular formula is C12H7ClFNO. The van der Waals surface area contributed by atoms with Gasteiger partial charge in [0.2, 0.25) is 5.95 Å². The minimum Gasteiger partial charge on any atom is -0.289 e. The van der Waals surface area contributed by atoms with E-state index < -0.39 is 5.95 Å². The number of carbonyl (C=O) groups is 1. The van der Waals surface area contributed by atoms with Crippen molar-refractivity contribution in [2.45, 2.75) is 0 Å². The van der Waals surface area contributed by atoms with E-state index in [1.165, 1.54) is 12.3 Å². The lowest BCUT2D eigenvalue weighted by Gasteiger charge is -2.00. The molecule has 0 unspecified atom stereocenters. The minimum atomic E-state index is -0.604. The Bertz CT molecular complexity index is 460. The third-order valence-electron chi connectivity index (χ3n) is 2.10. The van der Waals surface area contributed by atoms with Gasteiger partial charge in [-0.25, -0.2) is 4.98 Å². The summed E-state index contributed by atoms with van der Waals surface area (Å²) in [4.78, 5) is 15.3. The normalized spacial score (nSPS) is 10.1. The highest BCUT2D eigenvalue weighted by Gasteiger charge is 2.09. The molecule has 0 spiro atoms. The standard InChI is InChI=1S/C12H7ClFNO/c13-10-4-1-8(2-5-10)12(16)9-3-6-11(14)15-7-9/h1-7H. The van der Waals surface area contributed by atoms with Crippen molar-refractivity contribution < 1.29 is 9.18 Å². The average molecular weight is 236 g/mol. The van der Waals surface area contributed by atoms with Crippen LogP contribution in [0.5, 0.6) is 0 Å². The van der Waals surface area contributed by atoms with Gasteiger partial charge in [0.1, 0.15) is 0 Å². The van der Waals surface area contributed by atoms with Crippen LogP contribution in [0, 0.1) is 5.95 Å². The number of hydrogen-bond donors (Lipinski definition) is 0. The summed E-state index contributed by atoms with van der Waals surface area (Å²) in [6.07, 6.45) is 1.21. The van der Waals surface area contributed by atoms with Crippen LogP contribution >= 0.6 is 11.6 Å². The highest BCUT2D eigenvalue weighted by atomic mass is 35.5. The molecule has 0 fully saturated rings. The smallest absolute Gasteiger partial charge is 0.212 e. The van der Waals surface area contributed by atoms with E-state index in [1.54, 1.807) is 24.3 Å². The van der Waals surface area contributed by atoms with Gasteiger partial charge in [-0.2, -0.15) is 4.39 Å². The molecule has 0 radical (unpaired) electrons. The molecule has 80 valence electrons. The van der Waals surface area contributed by atoms with Gasteiger partial charge >= 0.3 is 0 Å². The molecule has 0 saturated heterocycles. The number of benzene rings is 1. The number of ketones is 1. The summed E-state index contributed by atoms with van der Waals surface area (Å²) in [5, 5.41) is 0.564. The predicted octanol–water partition coefficient (Wildman–Crippen LogP) is 3.11. The molecule has 2 rings (SSSR count). The SMILES string of the molecule is O=C(c1ccc(Cl)cc1)c1ccc(F)nc1. The summed E-state index contributed by atoms with van der Waals surface area (Å²) in [6.45, 7) is 0. The highest BCUT2D eigenvalue weighted by Crippen LogP contribution is 2.13. The van der Waals surface area contributed by atoms with Crippen molar-refractivity contribution in [1.29, 1.82) is 0 Å². The average Bonchev–Trinajstić information content (AvgIpc) is 2.30. The van der Waals surface area contributed by atoms with E-state index in [9.17, 15) is 9.18 Å². The third-order valence-corrected chi connectivity index (χ3v) is 2.35. The topological polar surface area (TPSA) is 30.0 Å². The van der Waals surface area contributed by atoms with Crippen molar-refractivity contribution in [3.05, 3.63) is 64.7 Å². The molecule has 2 nitrogen and oxygen atoms in total. The lowest BCUT2D eigenvalue weighted by molar-refractivity contribution is 0.103. The second-order valence-electron chi connectivity index (χ2n) is 3.21. The number of nitrogens with zero attached hydrogens (tertiary/aromatic N) is 1. The number of halogens is 2. The van der Waals surface area contributed by atoms with Crippen molar-refractivity contribution >= 4 is 17.4 Å². The molecule has 1 aromatic heterocycles. The van der Waals surface area contributed by atoms with Crippen molar-refractivity contribution in [2.24, 2.45) is 0 Å². The van der Waals surface area contributed by atoms with Crippen LogP contribution in [0.15, 0.2) is 42.6 Å². The Morgan fingerprint density at radius 2 is 1.69 bits per heavy atom. The fourth-order valence-electron chi connectivity index (χ4n) is 1.28. The number of hydrogen-bond acceptors (Lipinski definition) is 2. The maximum absolute atomic E-state index is 12.6. The number of carbonyl (C=O) groups excluding carboxylic acids is 1. The molecule has 0 saturated carbocycles. The van der Waals surface area contributed by atoms with Gasteiger partial charge in [0.25, 0.3) is 0 Å². The Kier molecular flexibility index (Phi) is 2.97. The molecule has 0 bridgehead atoms. The lowest BCUT2D eigenvalue weighted by Crippen LogP contribution is -2.01. The summed E-state index contributed by atoms with van der Waals surface area (Å²) in [7, 11) is 0. The molecule has 0 amide bonds. The first-order valence-corrected chi connectivity index (χ1v) is 4.96. The molecule has 1 heterocycles. The molecule has 2 aromatic rings. The van der Waals surface area contributed by atoms with Gasteiger partial charge < -0.3 is 0 Å². The van der Waals surface area contributed by atoms with E-state index in [2.05, 4.69) is 4.98 Å². The molecule has 0 N–H and O–H groups in total. The fraction of sp³-hybridized carbons (Fsp3) is 0. The van der Waals surface area contributed by atoms with Crippen LogP contribution in [-0.4, -0.2) is 10.8 Å². The third kappa shape index (κ3) is 2.25. The molecule has 0 aliphatic carbocycles. The quantitative estimate of drug-likeness (QED) is 0.591. The highest BCUT2D eigenvalue weighted by molar-refractivity contribution is 6.30. The maximum Gasteiger partial charge on any atom is 0.212 e. The lowest BCUT2D eigenvalue weighted by atomic mass is 10.1. The number of aromatic nitrogens is 1. The monoisotopic (exact) mass is 235 g/mol. The summed E-state index contributed by atoms with van der Waals surface area (Å²) in [5.41, 5.74) is 0.849. The van der Waals surface area contributed by atoms with E-state index >= 15 is 0 Å². The summed E-state index contributed by atoms with van der Waals surface area (Å²) in [6, 6.07) is 9.06. The van der Waals surface area contributed by atoms with Crippen molar-refractivity contribution in [1.82, 2.24) is 4.98 Å². The van der Waals surface area contributed by atoms with Gasteiger partial charge in [-0.15, -0.1) is 0 Å². The van der Waals surface area contributed by atoms with Gasteiger partial charge in [0, 0.05) is 22.3 Å². The van der Waals surface area contributed by atoms with Crippen LogP contribution in [0.4, 0.5) is 4.39 Å². The minimum absolute atomic E-state index is 0.204. The molecule has 1 aromatic carbocycles. The Hall–Kier alpha value is -1.74. The van der Waals surface area contributed by atoms with Crippen LogP contribution in [0.3, 0.4) is 0 Å². The molecule has 4 heteroatoms. The Balaban J connectivity index is 2.32. The van der Waals surface area contributed by atoms with Gasteiger partial charge in [0.05, 0.1) is 0 Å². The molecule has 0 aliphatic rings. The first-order chi connectivity index (χ1) is 7.66. The summed E-state index contributed by atoms with van der Waals surface area (Å²) < 4.78 is 12.6. The van der Waals surface area contributed by atoms with E-state index in [1.807, 2.05) is 0 Å². The van der Waals surface area contributed by atoms with Gasteiger partial charge in [0.15, 0.2) is 5.78 Å². The zero-order valence-corrected chi connectivity index (χ0v) is 8.91. The molecular weight excluding hydrogens is 229 g/mol. The largest absolute Gasteiger partial charge is 0.289 e. The van der Waals surface area contributed by atoms with E-state index in [0.717, 1.165) is 6.07 Å². The van der Waals surface area contributed by atoms with Crippen LogP contribution in [-0.2, 0) is 0 Å². The van der Waals surface area contributed by atoms with Crippen LogP contribution < -0.4 is 0 Å². The van der Waals surface area contributed by atoms with E-state index in [4.69, 9.17) is 11.6 Å². The zero-order valence-electron chi connectivity index (χ0n) is 8.15. The summed E-state index contributed by atoms with van der Waals surface area (Å²) in [5.74, 6) is -0.808. The first kappa shape index (κ1) is 10.8. The number of rotatable bonds is 2. The van der Waals surface area contributed by atoms with Crippen molar-refractivity contribution in [3.63, 3.8) is 0 Å². The number of pyridine rings is 1. The summed E-state index contributed by atoms with van der Waals surface area (Å²) >= 11 is 5.71. The van der Waals surface area contributed by atoms with Crippen LogP contribution in [0.25, 0.3) is 0 Å². The van der Waals surface area contributed by atoms with E-state index in [-0.39, 0.29) is 5.78 Å². The van der Waals surface area contributed by atoms with Gasteiger partial charge in [-0.05, 0) is 36.4 Å². The van der Waals surface area contributed by atoms with Crippen LogP contribution in [0.2, 0.25) is 5.02 Å². The van der Waals surface area contributed by atoms with E-state index in [0.29, 0.717) is 16.1 Å². The fourth-order valence-corrected chi connectivity index (χ4v) is 1.40. The van der Waals surface area contributed by atoms with Gasteiger partial charge in [-0.3, -0.25) is 4.79 Å². The zero-order chi connectivity index (χ0) is 11.5. The van der Waals surface area contributed by atoms with Crippen molar-refractivity contribution in [3.8, 4) is 0 Å². The maximum atomic E-state index is 12.6. The second-order valence-corrected chi connectivity index (χ2v) is 3.64. The molecule has 16 heavy (non-hydrogen) atoms.